The zero-order valence-electron chi connectivity index (χ0n) is 33.8. The van der Waals surface area contributed by atoms with Crippen LogP contribution in [0.2, 0.25) is 0 Å². The number of benzene rings is 10. The fraction of sp³-hybridized carbons (Fsp3) is 0.0508. The van der Waals surface area contributed by atoms with Crippen LogP contribution in [0.1, 0.15) is 25.0 Å². The number of hydrogen-bond acceptors (Lipinski definition) is 1. The summed E-state index contributed by atoms with van der Waals surface area (Å²) in [5, 5.41) is 4.97. The van der Waals surface area contributed by atoms with Gasteiger partial charge in [-0.1, -0.05) is 202 Å². The summed E-state index contributed by atoms with van der Waals surface area (Å²) in [7, 11) is 0. The van der Waals surface area contributed by atoms with Gasteiger partial charge in [-0.3, -0.25) is 0 Å². The zero-order valence-corrected chi connectivity index (χ0v) is 33.8. The van der Waals surface area contributed by atoms with Crippen LogP contribution in [0.4, 0.5) is 17.1 Å². The van der Waals surface area contributed by atoms with Gasteiger partial charge >= 0.3 is 0 Å². The molecule has 60 heavy (non-hydrogen) atoms. The van der Waals surface area contributed by atoms with E-state index in [1.165, 1.54) is 94.0 Å². The van der Waals surface area contributed by atoms with Crippen LogP contribution in [0.5, 0.6) is 0 Å². The molecular weight excluding hydrogens is 723 g/mol. The van der Waals surface area contributed by atoms with Crippen molar-refractivity contribution >= 4 is 38.6 Å². The Morgan fingerprint density at radius 3 is 1.28 bits per heavy atom. The molecule has 1 aliphatic carbocycles. The maximum atomic E-state index is 2.47. The minimum absolute atomic E-state index is 0.201. The van der Waals surface area contributed by atoms with E-state index >= 15 is 0 Å². The van der Waals surface area contributed by atoms with Crippen molar-refractivity contribution in [3.8, 4) is 55.6 Å². The highest BCUT2D eigenvalue weighted by atomic mass is 15.1. The highest BCUT2D eigenvalue weighted by molar-refractivity contribution is 6.14. The van der Waals surface area contributed by atoms with Gasteiger partial charge in [-0.2, -0.15) is 0 Å². The van der Waals surface area contributed by atoms with Crippen LogP contribution in [-0.2, 0) is 5.41 Å². The maximum absolute atomic E-state index is 2.47. The average Bonchev–Trinajstić information content (AvgIpc) is 3.54. The molecular formula is C59H43N. The molecule has 0 atom stereocenters. The Labute approximate surface area is 352 Å². The lowest BCUT2D eigenvalue weighted by Gasteiger charge is -2.29. The fourth-order valence-electron chi connectivity index (χ4n) is 9.47. The topological polar surface area (TPSA) is 3.24 Å². The SMILES string of the molecule is CC1(C)c2cc(-c3ccc(-c4ccccc4)cc3)ccc2-c2ccc(N(c3ccc(-c4ccc(-c5ccccc5)cc4)cc3)c3cc4ccccc4c4ccccc34)cc21. The summed E-state index contributed by atoms with van der Waals surface area (Å²) in [5.74, 6) is 0. The molecule has 0 radical (unpaired) electrons. The average molecular weight is 766 g/mol. The van der Waals surface area contributed by atoms with E-state index < -0.39 is 0 Å². The lowest BCUT2D eigenvalue weighted by atomic mass is 9.81. The molecule has 10 aromatic carbocycles. The molecule has 0 saturated carbocycles. The first-order valence-corrected chi connectivity index (χ1v) is 20.9. The molecule has 0 unspecified atom stereocenters. The van der Waals surface area contributed by atoms with E-state index in [4.69, 9.17) is 0 Å². The van der Waals surface area contributed by atoms with Crippen molar-refractivity contribution in [1.29, 1.82) is 0 Å². The van der Waals surface area contributed by atoms with E-state index in [9.17, 15) is 0 Å². The van der Waals surface area contributed by atoms with Crippen LogP contribution in [0.25, 0.3) is 77.2 Å². The third-order valence-corrected chi connectivity index (χ3v) is 12.7. The molecule has 0 saturated heterocycles. The molecule has 0 aliphatic heterocycles. The van der Waals surface area contributed by atoms with Gasteiger partial charge in [-0.05, 0) is 119 Å². The first-order chi connectivity index (χ1) is 29.5. The highest BCUT2D eigenvalue weighted by Crippen LogP contribution is 2.52. The van der Waals surface area contributed by atoms with Crippen molar-refractivity contribution in [1.82, 2.24) is 0 Å². The second-order valence-electron chi connectivity index (χ2n) is 16.5. The molecule has 284 valence electrons. The smallest absolute Gasteiger partial charge is 0.0546 e. The summed E-state index contributed by atoms with van der Waals surface area (Å²) in [6.07, 6.45) is 0. The van der Waals surface area contributed by atoms with Gasteiger partial charge in [0.25, 0.3) is 0 Å². The van der Waals surface area contributed by atoms with Crippen molar-refractivity contribution in [2.75, 3.05) is 4.90 Å². The summed E-state index contributed by atoms with van der Waals surface area (Å²) in [5.41, 5.74) is 18.4. The predicted molar refractivity (Wildman–Crippen MR) is 255 cm³/mol. The number of rotatable bonds is 7. The number of hydrogen-bond donors (Lipinski definition) is 0. The third kappa shape index (κ3) is 6.10. The normalized spacial score (nSPS) is 12.6. The monoisotopic (exact) mass is 765 g/mol. The first-order valence-electron chi connectivity index (χ1n) is 20.9. The summed E-state index contributed by atoms with van der Waals surface area (Å²) < 4.78 is 0. The van der Waals surface area contributed by atoms with E-state index in [1.807, 2.05) is 0 Å². The fourth-order valence-corrected chi connectivity index (χ4v) is 9.47. The lowest BCUT2D eigenvalue weighted by Crippen LogP contribution is -2.17. The molecule has 0 amide bonds. The van der Waals surface area contributed by atoms with E-state index in [2.05, 4.69) is 243 Å². The minimum atomic E-state index is -0.201. The van der Waals surface area contributed by atoms with Crippen LogP contribution in [0, 0.1) is 0 Å². The number of nitrogens with zero attached hydrogens (tertiary/aromatic N) is 1. The molecule has 0 aromatic heterocycles. The van der Waals surface area contributed by atoms with Gasteiger partial charge in [0.2, 0.25) is 0 Å². The molecule has 0 N–H and O–H groups in total. The Hall–Kier alpha value is -7.48. The van der Waals surface area contributed by atoms with Gasteiger partial charge < -0.3 is 4.90 Å². The van der Waals surface area contributed by atoms with Crippen LogP contribution >= 0.6 is 0 Å². The zero-order chi connectivity index (χ0) is 40.2. The molecule has 1 aliphatic rings. The van der Waals surface area contributed by atoms with E-state index in [-0.39, 0.29) is 5.41 Å². The van der Waals surface area contributed by atoms with Crippen LogP contribution in [0.15, 0.2) is 224 Å². The van der Waals surface area contributed by atoms with Gasteiger partial charge in [-0.25, -0.2) is 0 Å². The predicted octanol–water partition coefficient (Wildman–Crippen LogP) is 16.4. The molecule has 0 heterocycles. The summed E-state index contributed by atoms with van der Waals surface area (Å²) in [6, 6.07) is 82.4. The largest absolute Gasteiger partial charge is 0.310 e. The molecule has 1 nitrogen and oxygen atoms in total. The second kappa shape index (κ2) is 14.4. The van der Waals surface area contributed by atoms with Gasteiger partial charge in [-0.15, -0.1) is 0 Å². The summed E-state index contributed by atoms with van der Waals surface area (Å²) >= 11 is 0. The van der Waals surface area contributed by atoms with Crippen molar-refractivity contribution in [3.63, 3.8) is 0 Å². The summed E-state index contributed by atoms with van der Waals surface area (Å²) in [6.45, 7) is 4.77. The van der Waals surface area contributed by atoms with E-state index in [0.29, 0.717) is 0 Å². The molecule has 1 heteroatoms. The Kier molecular flexibility index (Phi) is 8.57. The van der Waals surface area contributed by atoms with Gasteiger partial charge in [0.05, 0.1) is 5.69 Å². The second-order valence-corrected chi connectivity index (χ2v) is 16.5. The lowest BCUT2D eigenvalue weighted by molar-refractivity contribution is 0.660. The quantitative estimate of drug-likeness (QED) is 0.146. The van der Waals surface area contributed by atoms with E-state index in [1.54, 1.807) is 0 Å². The molecule has 10 aromatic rings. The molecule has 0 bridgehead atoms. The third-order valence-electron chi connectivity index (χ3n) is 12.7. The summed E-state index contributed by atoms with van der Waals surface area (Å²) in [4.78, 5) is 2.47. The minimum Gasteiger partial charge on any atom is -0.310 e. The van der Waals surface area contributed by atoms with Crippen LogP contribution in [-0.4, -0.2) is 0 Å². The van der Waals surface area contributed by atoms with Crippen molar-refractivity contribution in [2.24, 2.45) is 0 Å². The van der Waals surface area contributed by atoms with Gasteiger partial charge in [0, 0.05) is 22.2 Å². The van der Waals surface area contributed by atoms with Crippen molar-refractivity contribution < 1.29 is 0 Å². The Balaban J connectivity index is 1.00. The van der Waals surface area contributed by atoms with Crippen LogP contribution in [0.3, 0.4) is 0 Å². The Morgan fingerprint density at radius 1 is 0.300 bits per heavy atom. The van der Waals surface area contributed by atoms with Gasteiger partial charge in [0.1, 0.15) is 0 Å². The number of anilines is 3. The van der Waals surface area contributed by atoms with Crippen LogP contribution < -0.4 is 4.90 Å². The molecule has 0 spiro atoms. The van der Waals surface area contributed by atoms with E-state index in [0.717, 1.165) is 11.4 Å². The Morgan fingerprint density at radius 2 is 0.700 bits per heavy atom. The highest BCUT2D eigenvalue weighted by Gasteiger charge is 2.36. The Bertz CT molecular complexity index is 3180. The van der Waals surface area contributed by atoms with Crippen molar-refractivity contribution in [2.45, 2.75) is 19.3 Å². The van der Waals surface area contributed by atoms with Crippen molar-refractivity contribution in [3.05, 3.63) is 236 Å². The molecule has 11 rings (SSSR count). The van der Waals surface area contributed by atoms with Gasteiger partial charge in [0.15, 0.2) is 0 Å². The first kappa shape index (κ1) is 35.7. The maximum Gasteiger partial charge on any atom is 0.0546 e. The molecule has 0 fully saturated rings. The standard InChI is InChI=1S/C59H43N/c1-59(2)56-37-47(46-27-25-43(26-28-46)41-15-7-4-8-16-41)31-35-53(56)54-36-34-50(39-57(54)59)60(58-38-48-17-9-10-18-51(48)52-19-11-12-20-55(52)58)49-32-29-45(30-33-49)44-23-21-42(22-24-44)40-13-5-3-6-14-40/h3-39H,1-2H3. The number of fused-ring (bicyclic) bond motifs is 6.